The maximum absolute atomic E-state index is 9.35. The minimum atomic E-state index is 0.254. The third kappa shape index (κ3) is 3.67. The molecule has 0 aliphatic heterocycles. The molecule has 0 aromatic heterocycles. The van der Waals surface area contributed by atoms with Crippen LogP contribution in [0.2, 0.25) is 0 Å². The van der Waals surface area contributed by atoms with Crippen LogP contribution in [0.1, 0.15) is 44.2 Å². The highest BCUT2D eigenvalue weighted by molar-refractivity contribution is 5.25. The minimum absolute atomic E-state index is 0.254. The van der Waals surface area contributed by atoms with Crippen LogP contribution in [0.25, 0.3) is 0 Å². The van der Waals surface area contributed by atoms with Gasteiger partial charge in [0, 0.05) is 12.5 Å². The van der Waals surface area contributed by atoms with Gasteiger partial charge >= 0.3 is 0 Å². The third-order valence-corrected chi connectivity index (χ3v) is 2.84. The summed E-state index contributed by atoms with van der Waals surface area (Å²) in [5.74, 6) is 0.934. The molecule has 0 aliphatic carbocycles. The summed E-state index contributed by atoms with van der Waals surface area (Å²) in [6, 6.07) is 8.64. The molecule has 0 heterocycles. The van der Waals surface area contributed by atoms with Crippen molar-refractivity contribution in [1.29, 1.82) is 0 Å². The van der Waals surface area contributed by atoms with Crippen molar-refractivity contribution in [2.75, 3.05) is 6.61 Å². The lowest BCUT2D eigenvalue weighted by Gasteiger charge is -2.17. The van der Waals surface area contributed by atoms with Gasteiger partial charge in [-0.25, -0.2) is 0 Å². The first kappa shape index (κ1) is 12.3. The molecule has 1 rings (SSSR count). The van der Waals surface area contributed by atoms with Crippen LogP contribution < -0.4 is 0 Å². The average Bonchev–Trinajstić information content (AvgIpc) is 2.26. The van der Waals surface area contributed by atoms with Gasteiger partial charge in [-0.1, -0.05) is 45.0 Å². The van der Waals surface area contributed by atoms with E-state index < -0.39 is 0 Å². The Bertz CT molecular complexity index is 274. The Morgan fingerprint density at radius 2 is 1.73 bits per heavy atom. The van der Waals surface area contributed by atoms with Gasteiger partial charge in [-0.2, -0.15) is 0 Å². The van der Waals surface area contributed by atoms with E-state index in [1.54, 1.807) is 0 Å². The number of rotatable bonds is 5. The molecule has 0 amide bonds. The second kappa shape index (κ2) is 5.92. The highest BCUT2D eigenvalue weighted by Crippen LogP contribution is 2.23. The molecule has 1 atom stereocenters. The number of aliphatic hydroxyl groups excluding tert-OH is 1. The van der Waals surface area contributed by atoms with E-state index in [2.05, 4.69) is 45.0 Å². The maximum Gasteiger partial charge on any atom is 0.0499 e. The van der Waals surface area contributed by atoms with Crippen LogP contribution in [0.15, 0.2) is 24.3 Å². The Hall–Kier alpha value is -0.820. The highest BCUT2D eigenvalue weighted by Gasteiger charge is 2.11. The van der Waals surface area contributed by atoms with E-state index in [0.29, 0.717) is 11.8 Å². The number of benzene rings is 1. The first-order valence-corrected chi connectivity index (χ1v) is 5.87. The fourth-order valence-corrected chi connectivity index (χ4v) is 1.91. The standard InChI is InChI=1S/C14H22O/c1-4-12-5-7-13(8-6-12)14(10-15)9-11(2)3/h5-8,11,14-15H,4,9-10H2,1-3H3. The van der Waals surface area contributed by atoms with Crippen LogP contribution in [0.5, 0.6) is 0 Å². The van der Waals surface area contributed by atoms with Crippen LogP contribution in [0.3, 0.4) is 0 Å². The summed E-state index contributed by atoms with van der Waals surface area (Å²) in [7, 11) is 0. The van der Waals surface area contributed by atoms with Crippen LogP contribution >= 0.6 is 0 Å². The summed E-state index contributed by atoms with van der Waals surface area (Å²) in [4.78, 5) is 0. The molecule has 0 spiro atoms. The van der Waals surface area contributed by atoms with E-state index in [1.165, 1.54) is 11.1 Å². The molecule has 1 aromatic rings. The summed E-state index contributed by atoms with van der Waals surface area (Å²) in [5.41, 5.74) is 2.63. The Balaban J connectivity index is 2.74. The van der Waals surface area contributed by atoms with Gasteiger partial charge in [0.1, 0.15) is 0 Å². The smallest absolute Gasteiger partial charge is 0.0499 e. The summed E-state index contributed by atoms with van der Waals surface area (Å²) < 4.78 is 0. The fourth-order valence-electron chi connectivity index (χ4n) is 1.91. The van der Waals surface area contributed by atoms with Crippen LogP contribution in [-0.2, 0) is 6.42 Å². The molecule has 1 aromatic carbocycles. The molecule has 0 aliphatic rings. The van der Waals surface area contributed by atoms with Crippen LogP contribution in [0, 0.1) is 5.92 Å². The minimum Gasteiger partial charge on any atom is -0.396 e. The molecule has 0 fully saturated rings. The van der Waals surface area contributed by atoms with Gasteiger partial charge in [-0.3, -0.25) is 0 Å². The van der Waals surface area contributed by atoms with Crippen molar-refractivity contribution in [3.8, 4) is 0 Å². The van der Waals surface area contributed by atoms with E-state index in [9.17, 15) is 5.11 Å². The van der Waals surface area contributed by atoms with Gasteiger partial charge in [0.25, 0.3) is 0 Å². The number of aryl methyl sites for hydroxylation is 1. The predicted octanol–water partition coefficient (Wildman–Crippen LogP) is 3.37. The van der Waals surface area contributed by atoms with E-state index >= 15 is 0 Å². The van der Waals surface area contributed by atoms with Crippen molar-refractivity contribution in [1.82, 2.24) is 0 Å². The van der Waals surface area contributed by atoms with E-state index in [0.717, 1.165) is 12.8 Å². The second-order valence-electron chi connectivity index (χ2n) is 4.60. The molecule has 0 saturated heterocycles. The molecule has 15 heavy (non-hydrogen) atoms. The first-order chi connectivity index (χ1) is 7.17. The van der Waals surface area contributed by atoms with Crippen LogP contribution in [0.4, 0.5) is 0 Å². The lowest BCUT2D eigenvalue weighted by molar-refractivity contribution is 0.249. The first-order valence-electron chi connectivity index (χ1n) is 5.87. The van der Waals surface area contributed by atoms with E-state index in [4.69, 9.17) is 0 Å². The normalized spacial score (nSPS) is 13.1. The Morgan fingerprint density at radius 3 is 2.13 bits per heavy atom. The second-order valence-corrected chi connectivity index (χ2v) is 4.60. The molecular formula is C14H22O. The van der Waals surface area contributed by atoms with Crippen molar-refractivity contribution in [3.05, 3.63) is 35.4 Å². The fraction of sp³-hybridized carbons (Fsp3) is 0.571. The van der Waals surface area contributed by atoms with E-state index in [-0.39, 0.29) is 6.61 Å². The largest absolute Gasteiger partial charge is 0.396 e. The van der Waals surface area contributed by atoms with Crippen molar-refractivity contribution in [2.45, 2.75) is 39.5 Å². The summed E-state index contributed by atoms with van der Waals surface area (Å²) in [6.45, 7) is 6.81. The Kier molecular flexibility index (Phi) is 4.83. The number of hydrogen-bond acceptors (Lipinski definition) is 1. The zero-order valence-corrected chi connectivity index (χ0v) is 10.0. The third-order valence-electron chi connectivity index (χ3n) is 2.84. The molecule has 1 N–H and O–H groups in total. The lowest BCUT2D eigenvalue weighted by Crippen LogP contribution is -2.07. The van der Waals surface area contributed by atoms with Crippen molar-refractivity contribution < 1.29 is 5.11 Å². The molecule has 1 nitrogen and oxygen atoms in total. The van der Waals surface area contributed by atoms with Crippen molar-refractivity contribution in [2.24, 2.45) is 5.92 Å². The van der Waals surface area contributed by atoms with Gasteiger partial charge in [0.2, 0.25) is 0 Å². The number of hydrogen-bond donors (Lipinski definition) is 1. The SMILES string of the molecule is CCc1ccc(C(CO)CC(C)C)cc1. The van der Waals surface area contributed by atoms with Crippen molar-refractivity contribution in [3.63, 3.8) is 0 Å². The van der Waals surface area contributed by atoms with Gasteiger partial charge < -0.3 is 5.11 Å². The lowest BCUT2D eigenvalue weighted by atomic mass is 9.90. The molecule has 0 saturated carbocycles. The zero-order chi connectivity index (χ0) is 11.3. The van der Waals surface area contributed by atoms with E-state index in [1.807, 2.05) is 0 Å². The van der Waals surface area contributed by atoms with Crippen LogP contribution in [-0.4, -0.2) is 11.7 Å². The quantitative estimate of drug-likeness (QED) is 0.783. The Morgan fingerprint density at radius 1 is 1.13 bits per heavy atom. The molecule has 1 heteroatoms. The van der Waals surface area contributed by atoms with Gasteiger partial charge in [0.05, 0.1) is 0 Å². The predicted molar refractivity (Wildman–Crippen MR) is 65.1 cm³/mol. The van der Waals surface area contributed by atoms with Gasteiger partial charge in [-0.05, 0) is 29.9 Å². The molecule has 0 bridgehead atoms. The summed E-state index contributed by atoms with van der Waals surface area (Å²) in [6.07, 6.45) is 2.14. The molecule has 1 unspecified atom stereocenters. The topological polar surface area (TPSA) is 20.2 Å². The molecular weight excluding hydrogens is 184 g/mol. The highest BCUT2D eigenvalue weighted by atomic mass is 16.3. The summed E-state index contributed by atoms with van der Waals surface area (Å²) >= 11 is 0. The molecule has 0 radical (unpaired) electrons. The number of aliphatic hydroxyl groups is 1. The maximum atomic E-state index is 9.35. The Labute approximate surface area is 93.1 Å². The zero-order valence-electron chi connectivity index (χ0n) is 10.0. The monoisotopic (exact) mass is 206 g/mol. The van der Waals surface area contributed by atoms with Gasteiger partial charge in [-0.15, -0.1) is 0 Å². The van der Waals surface area contributed by atoms with Gasteiger partial charge in [0.15, 0.2) is 0 Å². The average molecular weight is 206 g/mol. The molecule has 84 valence electrons. The van der Waals surface area contributed by atoms with Crippen molar-refractivity contribution >= 4 is 0 Å². The summed E-state index contributed by atoms with van der Waals surface area (Å²) in [5, 5.41) is 9.35.